The van der Waals surface area contributed by atoms with E-state index in [2.05, 4.69) is 11.4 Å². The first-order valence-electron chi connectivity index (χ1n) is 11.1. The van der Waals surface area contributed by atoms with Crippen LogP contribution < -0.4 is 10.9 Å². The van der Waals surface area contributed by atoms with Crippen LogP contribution in [0.2, 0.25) is 0 Å². The molecule has 0 aliphatic carbocycles. The molecular weight excluding hydrogens is 469 g/mol. The maximum absolute atomic E-state index is 13.5. The van der Waals surface area contributed by atoms with Gasteiger partial charge in [-0.15, -0.1) is 0 Å². The highest BCUT2D eigenvalue weighted by molar-refractivity contribution is 5.99. The van der Waals surface area contributed by atoms with Gasteiger partial charge in [0.1, 0.15) is 5.58 Å². The Bertz CT molecular complexity index is 1570. The first-order chi connectivity index (χ1) is 17.1. The van der Waals surface area contributed by atoms with Gasteiger partial charge in [0.2, 0.25) is 5.91 Å². The monoisotopic (exact) mass is 490 g/mol. The van der Waals surface area contributed by atoms with Gasteiger partial charge in [-0.25, -0.2) is 4.79 Å². The number of hydrogen-bond acceptors (Lipinski definition) is 4. The lowest BCUT2D eigenvalue weighted by Crippen LogP contribution is -2.22. The SMILES string of the molecule is Cc1ccc(NC(=O)Cc2c(-c3ccccc3)c3cc(CC#N)c(C)cc3oc2=O)c(C(F)(F)F)c1. The van der Waals surface area contributed by atoms with Crippen molar-refractivity contribution in [3.63, 3.8) is 0 Å². The van der Waals surface area contributed by atoms with Gasteiger partial charge in [0.05, 0.1) is 35.7 Å². The van der Waals surface area contributed by atoms with Crippen molar-refractivity contribution < 1.29 is 22.4 Å². The van der Waals surface area contributed by atoms with Crippen LogP contribution in [0.1, 0.15) is 27.8 Å². The number of halogens is 3. The average molecular weight is 490 g/mol. The fourth-order valence-corrected chi connectivity index (χ4v) is 4.16. The molecule has 5 nitrogen and oxygen atoms in total. The third-order valence-electron chi connectivity index (χ3n) is 5.88. The van der Waals surface area contributed by atoms with Gasteiger partial charge in [-0.3, -0.25) is 4.79 Å². The number of hydrogen-bond donors (Lipinski definition) is 1. The number of nitrogens with one attached hydrogen (secondary N) is 1. The van der Waals surface area contributed by atoms with Crippen LogP contribution in [0.15, 0.2) is 69.9 Å². The quantitative estimate of drug-likeness (QED) is 0.331. The summed E-state index contributed by atoms with van der Waals surface area (Å²) in [5.41, 5.74) is 1.16. The van der Waals surface area contributed by atoms with Crippen molar-refractivity contribution >= 4 is 22.6 Å². The maximum atomic E-state index is 13.5. The summed E-state index contributed by atoms with van der Waals surface area (Å²) < 4.78 is 46.1. The Morgan fingerprint density at radius 2 is 1.78 bits per heavy atom. The highest BCUT2D eigenvalue weighted by Crippen LogP contribution is 2.36. The maximum Gasteiger partial charge on any atom is 0.418 e. The number of fused-ring (bicyclic) bond motifs is 1. The number of benzene rings is 3. The van der Waals surface area contributed by atoms with Crippen LogP contribution in [0.3, 0.4) is 0 Å². The van der Waals surface area contributed by atoms with E-state index < -0.39 is 35.4 Å². The second-order valence-corrected chi connectivity index (χ2v) is 8.49. The van der Waals surface area contributed by atoms with Crippen molar-refractivity contribution in [2.45, 2.75) is 32.9 Å². The van der Waals surface area contributed by atoms with E-state index in [-0.39, 0.29) is 12.0 Å². The zero-order valence-electron chi connectivity index (χ0n) is 19.5. The van der Waals surface area contributed by atoms with Crippen LogP contribution in [-0.4, -0.2) is 5.91 Å². The normalized spacial score (nSPS) is 11.3. The number of amides is 1. The number of alkyl halides is 3. The Balaban J connectivity index is 1.84. The summed E-state index contributed by atoms with van der Waals surface area (Å²) in [5.74, 6) is -0.794. The van der Waals surface area contributed by atoms with Gasteiger partial charge in [-0.2, -0.15) is 18.4 Å². The highest BCUT2D eigenvalue weighted by atomic mass is 19.4. The van der Waals surface area contributed by atoms with Crippen molar-refractivity contribution in [3.8, 4) is 17.2 Å². The molecule has 0 fully saturated rings. The molecule has 3 aromatic carbocycles. The van der Waals surface area contributed by atoms with E-state index in [1.807, 2.05) is 0 Å². The molecule has 1 amide bonds. The lowest BCUT2D eigenvalue weighted by atomic mass is 9.92. The molecule has 182 valence electrons. The summed E-state index contributed by atoms with van der Waals surface area (Å²) in [6, 6.07) is 18.0. The van der Waals surface area contributed by atoms with Crippen molar-refractivity contribution in [1.82, 2.24) is 0 Å². The summed E-state index contributed by atoms with van der Waals surface area (Å²) in [7, 11) is 0. The molecule has 0 saturated heterocycles. The number of rotatable bonds is 5. The standard InChI is InChI=1S/C28H21F3N2O3/c1-16-8-9-23(22(12-16)28(29,30)31)33-25(34)15-21-26(18-6-4-3-5-7-18)20-14-19(10-11-32)17(2)13-24(20)36-27(21)35/h3-9,12-14H,10,15H2,1-2H3,(H,33,34). The van der Waals surface area contributed by atoms with E-state index in [1.54, 1.807) is 49.4 Å². The molecule has 36 heavy (non-hydrogen) atoms. The van der Waals surface area contributed by atoms with E-state index in [9.17, 15) is 28.0 Å². The molecule has 8 heteroatoms. The fourth-order valence-electron chi connectivity index (χ4n) is 4.16. The molecule has 0 bridgehead atoms. The fraction of sp³-hybridized carbons (Fsp3) is 0.179. The second-order valence-electron chi connectivity index (χ2n) is 8.49. The van der Waals surface area contributed by atoms with E-state index in [4.69, 9.17) is 4.42 Å². The molecule has 0 aliphatic rings. The predicted molar refractivity (Wildman–Crippen MR) is 130 cm³/mol. The highest BCUT2D eigenvalue weighted by Gasteiger charge is 2.34. The summed E-state index contributed by atoms with van der Waals surface area (Å²) in [5, 5.41) is 12.0. The van der Waals surface area contributed by atoms with Gasteiger partial charge in [-0.05, 0) is 54.8 Å². The summed E-state index contributed by atoms with van der Waals surface area (Å²) >= 11 is 0. The van der Waals surface area contributed by atoms with Gasteiger partial charge in [0.25, 0.3) is 0 Å². The molecule has 1 N–H and O–H groups in total. The Kier molecular flexibility index (Phi) is 6.67. The van der Waals surface area contributed by atoms with Gasteiger partial charge in [-0.1, -0.05) is 42.0 Å². The Morgan fingerprint density at radius 1 is 1.06 bits per heavy atom. The average Bonchev–Trinajstić information content (AvgIpc) is 2.82. The number of nitrogens with zero attached hydrogens (tertiary/aromatic N) is 1. The number of carbonyl (C=O) groups is 1. The second kappa shape index (κ2) is 9.70. The van der Waals surface area contributed by atoms with Crippen molar-refractivity contribution in [1.29, 1.82) is 5.26 Å². The molecule has 0 unspecified atom stereocenters. The van der Waals surface area contributed by atoms with Crippen LogP contribution in [0, 0.1) is 25.2 Å². The Hall–Kier alpha value is -4.38. The Morgan fingerprint density at radius 3 is 2.44 bits per heavy atom. The van der Waals surface area contributed by atoms with Gasteiger partial charge in [0, 0.05) is 10.9 Å². The molecule has 1 aromatic heterocycles. The molecular formula is C28H21F3N2O3. The van der Waals surface area contributed by atoms with Crippen LogP contribution in [0.25, 0.3) is 22.1 Å². The number of nitriles is 1. The smallest absolute Gasteiger partial charge is 0.418 e. The van der Waals surface area contributed by atoms with Crippen molar-refractivity contribution in [3.05, 3.63) is 98.9 Å². The van der Waals surface area contributed by atoms with Crippen LogP contribution in [0.5, 0.6) is 0 Å². The number of carbonyl (C=O) groups excluding carboxylic acids is 1. The predicted octanol–water partition coefficient (Wildman–Crippen LogP) is 6.34. The van der Waals surface area contributed by atoms with E-state index in [0.29, 0.717) is 27.7 Å². The minimum atomic E-state index is -4.67. The molecule has 0 aliphatic heterocycles. The van der Waals surface area contributed by atoms with Crippen molar-refractivity contribution in [2.75, 3.05) is 5.32 Å². The molecule has 0 radical (unpaired) electrons. The first kappa shape index (κ1) is 24.7. The summed E-state index contributed by atoms with van der Waals surface area (Å²) in [6.07, 6.45) is -5.03. The van der Waals surface area contributed by atoms with Crippen LogP contribution in [0.4, 0.5) is 18.9 Å². The molecule has 0 saturated carbocycles. The van der Waals surface area contributed by atoms with E-state index in [1.165, 1.54) is 19.1 Å². The zero-order chi connectivity index (χ0) is 26.0. The molecule has 1 heterocycles. The molecule has 4 rings (SSSR count). The number of aryl methyl sites for hydroxylation is 2. The molecule has 4 aromatic rings. The first-order valence-corrected chi connectivity index (χ1v) is 11.1. The van der Waals surface area contributed by atoms with Crippen LogP contribution in [-0.2, 0) is 23.8 Å². The van der Waals surface area contributed by atoms with Gasteiger partial charge < -0.3 is 9.73 Å². The van der Waals surface area contributed by atoms with E-state index >= 15 is 0 Å². The van der Waals surface area contributed by atoms with E-state index in [0.717, 1.165) is 17.2 Å². The lowest BCUT2D eigenvalue weighted by Gasteiger charge is -2.16. The minimum absolute atomic E-state index is 0.0126. The minimum Gasteiger partial charge on any atom is -0.422 e. The molecule has 0 spiro atoms. The van der Waals surface area contributed by atoms with Crippen molar-refractivity contribution in [2.24, 2.45) is 0 Å². The molecule has 0 atom stereocenters. The topological polar surface area (TPSA) is 83.1 Å². The third kappa shape index (κ3) is 5.01. The lowest BCUT2D eigenvalue weighted by molar-refractivity contribution is -0.137. The largest absolute Gasteiger partial charge is 0.422 e. The zero-order valence-corrected chi connectivity index (χ0v) is 19.5. The van der Waals surface area contributed by atoms with Gasteiger partial charge >= 0.3 is 11.8 Å². The van der Waals surface area contributed by atoms with Crippen LogP contribution >= 0.6 is 0 Å². The Labute approximate surface area is 204 Å². The summed E-state index contributed by atoms with van der Waals surface area (Å²) in [4.78, 5) is 26.0. The van der Waals surface area contributed by atoms with Gasteiger partial charge in [0.15, 0.2) is 0 Å². The summed E-state index contributed by atoms with van der Waals surface area (Å²) in [6.45, 7) is 3.32. The number of anilines is 1. The third-order valence-corrected chi connectivity index (χ3v) is 5.88.